The van der Waals surface area contributed by atoms with Crippen LogP contribution in [0.4, 0.5) is 0 Å². The normalized spacial score (nSPS) is 18.3. The highest BCUT2D eigenvalue weighted by Crippen LogP contribution is 2.33. The number of likely N-dealkylation sites (tertiary alicyclic amines) is 1. The molecule has 2 aromatic carbocycles. The number of nitrogens with two attached hydrogens (primary N) is 1. The van der Waals surface area contributed by atoms with Gasteiger partial charge in [-0.1, -0.05) is 54.6 Å². The molecular weight excluding hydrogens is 272 g/mol. The SMILES string of the molecule is NCc1ccc(C2(O)CCN(Cc3ccccc3)CC2)cc1. The minimum atomic E-state index is -0.694. The summed E-state index contributed by atoms with van der Waals surface area (Å²) in [6, 6.07) is 18.6. The van der Waals surface area contributed by atoms with Gasteiger partial charge >= 0.3 is 0 Å². The van der Waals surface area contributed by atoms with Crippen LogP contribution >= 0.6 is 0 Å². The fraction of sp³-hybridized carbons (Fsp3) is 0.368. The molecule has 1 saturated heterocycles. The van der Waals surface area contributed by atoms with Crippen molar-refractivity contribution < 1.29 is 5.11 Å². The van der Waals surface area contributed by atoms with Gasteiger partial charge in [0.25, 0.3) is 0 Å². The number of hydrogen-bond acceptors (Lipinski definition) is 3. The molecule has 1 aliphatic heterocycles. The molecule has 3 N–H and O–H groups in total. The van der Waals surface area contributed by atoms with Crippen molar-refractivity contribution in [2.24, 2.45) is 5.73 Å². The maximum absolute atomic E-state index is 10.9. The van der Waals surface area contributed by atoms with Crippen molar-refractivity contribution >= 4 is 0 Å². The molecule has 3 rings (SSSR count). The summed E-state index contributed by atoms with van der Waals surface area (Å²) in [7, 11) is 0. The minimum absolute atomic E-state index is 0.545. The van der Waals surface area contributed by atoms with E-state index in [4.69, 9.17) is 5.73 Å². The Morgan fingerprint density at radius 2 is 1.55 bits per heavy atom. The first-order valence-corrected chi connectivity index (χ1v) is 7.98. The van der Waals surface area contributed by atoms with E-state index in [9.17, 15) is 5.11 Å². The fourth-order valence-corrected chi connectivity index (χ4v) is 3.16. The molecule has 0 amide bonds. The van der Waals surface area contributed by atoms with Crippen LogP contribution in [-0.2, 0) is 18.7 Å². The Balaban J connectivity index is 1.62. The molecule has 3 nitrogen and oxygen atoms in total. The first-order chi connectivity index (χ1) is 10.7. The van der Waals surface area contributed by atoms with E-state index < -0.39 is 5.60 Å². The van der Waals surface area contributed by atoms with Gasteiger partial charge in [-0.15, -0.1) is 0 Å². The van der Waals surface area contributed by atoms with Crippen LogP contribution in [0, 0.1) is 0 Å². The van der Waals surface area contributed by atoms with Gasteiger partial charge in [0.1, 0.15) is 0 Å². The quantitative estimate of drug-likeness (QED) is 0.912. The van der Waals surface area contributed by atoms with E-state index in [2.05, 4.69) is 29.2 Å². The summed E-state index contributed by atoms with van der Waals surface area (Å²) in [4.78, 5) is 2.41. The largest absolute Gasteiger partial charge is 0.385 e. The molecule has 1 fully saturated rings. The molecule has 0 atom stereocenters. The van der Waals surface area contributed by atoms with Crippen molar-refractivity contribution in [2.45, 2.75) is 31.5 Å². The summed E-state index contributed by atoms with van der Waals surface area (Å²) in [6.45, 7) is 3.35. The first-order valence-electron chi connectivity index (χ1n) is 7.98. The van der Waals surface area contributed by atoms with Gasteiger partial charge in [-0.3, -0.25) is 4.90 Å². The topological polar surface area (TPSA) is 49.5 Å². The van der Waals surface area contributed by atoms with Crippen molar-refractivity contribution in [3.8, 4) is 0 Å². The number of hydrogen-bond donors (Lipinski definition) is 2. The van der Waals surface area contributed by atoms with Gasteiger partial charge in [-0.25, -0.2) is 0 Å². The predicted octanol–water partition coefficient (Wildman–Crippen LogP) is 2.63. The Morgan fingerprint density at radius 1 is 0.909 bits per heavy atom. The van der Waals surface area contributed by atoms with Crippen LogP contribution in [0.1, 0.15) is 29.5 Å². The zero-order valence-electron chi connectivity index (χ0n) is 12.9. The lowest BCUT2D eigenvalue weighted by atomic mass is 9.84. The number of aliphatic hydroxyl groups is 1. The number of rotatable bonds is 4. The lowest BCUT2D eigenvalue weighted by molar-refractivity contribution is -0.0277. The van der Waals surface area contributed by atoms with Crippen molar-refractivity contribution in [3.05, 3.63) is 71.3 Å². The molecule has 1 heterocycles. The van der Waals surface area contributed by atoms with E-state index in [1.807, 2.05) is 30.3 Å². The zero-order valence-corrected chi connectivity index (χ0v) is 12.9. The molecule has 1 aliphatic rings. The van der Waals surface area contributed by atoms with E-state index >= 15 is 0 Å². The summed E-state index contributed by atoms with van der Waals surface area (Å²) in [6.07, 6.45) is 1.56. The summed E-state index contributed by atoms with van der Waals surface area (Å²) < 4.78 is 0. The molecule has 116 valence electrons. The first kappa shape index (κ1) is 15.2. The third kappa shape index (κ3) is 3.38. The molecule has 0 bridgehead atoms. The Bertz CT molecular complexity index is 587. The molecule has 0 unspecified atom stereocenters. The van der Waals surface area contributed by atoms with Crippen LogP contribution in [0.15, 0.2) is 54.6 Å². The highest BCUT2D eigenvalue weighted by Gasteiger charge is 2.33. The predicted molar refractivity (Wildman–Crippen MR) is 89.2 cm³/mol. The second kappa shape index (κ2) is 6.61. The van der Waals surface area contributed by atoms with Crippen LogP contribution in [0.2, 0.25) is 0 Å². The number of piperidine rings is 1. The van der Waals surface area contributed by atoms with E-state index in [0.717, 1.165) is 43.6 Å². The third-order valence-corrected chi connectivity index (χ3v) is 4.66. The highest BCUT2D eigenvalue weighted by molar-refractivity contribution is 5.28. The average molecular weight is 296 g/mol. The molecule has 0 saturated carbocycles. The molecule has 0 spiro atoms. The van der Waals surface area contributed by atoms with E-state index in [1.165, 1.54) is 5.56 Å². The molecular formula is C19H24N2O. The zero-order chi connectivity index (χ0) is 15.4. The average Bonchev–Trinajstić information content (AvgIpc) is 2.58. The lowest BCUT2D eigenvalue weighted by Gasteiger charge is -2.38. The lowest BCUT2D eigenvalue weighted by Crippen LogP contribution is -2.42. The van der Waals surface area contributed by atoms with Gasteiger partial charge in [0.15, 0.2) is 0 Å². The van der Waals surface area contributed by atoms with Gasteiger partial charge in [-0.05, 0) is 29.5 Å². The number of benzene rings is 2. The summed E-state index contributed by atoms with van der Waals surface area (Å²) in [5.74, 6) is 0. The standard InChI is InChI=1S/C19H24N2O/c20-14-16-6-8-18(9-7-16)19(22)10-12-21(13-11-19)15-17-4-2-1-3-5-17/h1-9,22H,10-15,20H2. The van der Waals surface area contributed by atoms with Gasteiger partial charge in [0.2, 0.25) is 0 Å². The third-order valence-electron chi connectivity index (χ3n) is 4.66. The summed E-state index contributed by atoms with van der Waals surface area (Å²) >= 11 is 0. The fourth-order valence-electron chi connectivity index (χ4n) is 3.16. The van der Waals surface area contributed by atoms with E-state index in [1.54, 1.807) is 0 Å². The Labute approximate surface area is 132 Å². The van der Waals surface area contributed by atoms with Crippen molar-refractivity contribution in [1.82, 2.24) is 4.90 Å². The van der Waals surface area contributed by atoms with Crippen LogP contribution in [-0.4, -0.2) is 23.1 Å². The molecule has 0 aliphatic carbocycles. The van der Waals surface area contributed by atoms with Gasteiger partial charge in [-0.2, -0.15) is 0 Å². The maximum atomic E-state index is 10.9. The van der Waals surface area contributed by atoms with Crippen LogP contribution in [0.3, 0.4) is 0 Å². The Kier molecular flexibility index (Phi) is 4.57. The summed E-state index contributed by atoms with van der Waals surface area (Å²) in [5.41, 5.74) is 8.40. The Hall–Kier alpha value is -1.68. The summed E-state index contributed by atoms with van der Waals surface area (Å²) in [5, 5.41) is 10.9. The minimum Gasteiger partial charge on any atom is -0.385 e. The van der Waals surface area contributed by atoms with Gasteiger partial charge < -0.3 is 10.8 Å². The van der Waals surface area contributed by atoms with Crippen molar-refractivity contribution in [1.29, 1.82) is 0 Å². The Morgan fingerprint density at radius 3 is 2.14 bits per heavy atom. The molecule has 0 radical (unpaired) electrons. The van der Waals surface area contributed by atoms with E-state index in [0.29, 0.717) is 6.54 Å². The van der Waals surface area contributed by atoms with Crippen LogP contribution in [0.5, 0.6) is 0 Å². The second-order valence-electron chi connectivity index (χ2n) is 6.19. The van der Waals surface area contributed by atoms with E-state index in [-0.39, 0.29) is 0 Å². The number of nitrogens with zero attached hydrogens (tertiary/aromatic N) is 1. The van der Waals surface area contributed by atoms with Crippen molar-refractivity contribution in [3.63, 3.8) is 0 Å². The monoisotopic (exact) mass is 296 g/mol. The second-order valence-corrected chi connectivity index (χ2v) is 6.19. The molecule has 0 aromatic heterocycles. The van der Waals surface area contributed by atoms with Crippen LogP contribution in [0.25, 0.3) is 0 Å². The van der Waals surface area contributed by atoms with Gasteiger partial charge in [0, 0.05) is 26.2 Å². The molecule has 22 heavy (non-hydrogen) atoms. The van der Waals surface area contributed by atoms with Crippen LogP contribution < -0.4 is 5.73 Å². The van der Waals surface area contributed by atoms with Crippen molar-refractivity contribution in [2.75, 3.05) is 13.1 Å². The smallest absolute Gasteiger partial charge is 0.0920 e. The molecule has 2 aromatic rings. The maximum Gasteiger partial charge on any atom is 0.0920 e. The molecule has 3 heteroatoms. The highest BCUT2D eigenvalue weighted by atomic mass is 16.3. The van der Waals surface area contributed by atoms with Gasteiger partial charge in [0.05, 0.1) is 5.60 Å².